The number of ketones is 1. The first-order valence-electron chi connectivity index (χ1n) is 10.5. The molecule has 0 spiro atoms. The number of nitrogens with zero attached hydrogens (tertiary/aromatic N) is 4. The summed E-state index contributed by atoms with van der Waals surface area (Å²) < 4.78 is 0. The van der Waals surface area contributed by atoms with E-state index >= 15 is 0 Å². The van der Waals surface area contributed by atoms with Crippen molar-refractivity contribution >= 4 is 11.7 Å². The van der Waals surface area contributed by atoms with E-state index in [0.29, 0.717) is 29.9 Å². The number of carbonyl (C=O) groups excluding carboxylic acids is 1. The Kier molecular flexibility index (Phi) is 4.83. The fourth-order valence-electron chi connectivity index (χ4n) is 4.86. The summed E-state index contributed by atoms with van der Waals surface area (Å²) in [7, 11) is 0. The number of carbonyl (C=O) groups is 1. The van der Waals surface area contributed by atoms with Crippen LogP contribution in [0.1, 0.15) is 41.4 Å². The largest absolute Gasteiger partial charge is 0.384 e. The lowest BCUT2D eigenvalue weighted by molar-refractivity contribution is -0.116. The van der Waals surface area contributed by atoms with E-state index in [1.807, 2.05) is 61.5 Å². The summed E-state index contributed by atoms with van der Waals surface area (Å²) in [5.74, 6) is 0.213. The zero-order valence-electron chi connectivity index (χ0n) is 17.6. The number of H-pyrrole nitrogens is 1. The van der Waals surface area contributed by atoms with Gasteiger partial charge in [0, 0.05) is 17.7 Å². The highest BCUT2D eigenvalue weighted by Gasteiger charge is 2.43. The second-order valence-electron chi connectivity index (χ2n) is 8.14. The number of anilines is 1. The van der Waals surface area contributed by atoms with Crippen LogP contribution in [0.4, 0.5) is 5.95 Å². The number of nitrogens with two attached hydrogens (primary N) is 1. The van der Waals surface area contributed by atoms with E-state index < -0.39 is 5.92 Å². The molecule has 0 saturated carbocycles. The number of aromatic nitrogens is 3. The molecule has 0 saturated heterocycles. The van der Waals surface area contributed by atoms with Gasteiger partial charge in [-0.05, 0) is 36.0 Å². The smallest absolute Gasteiger partial charge is 0.231 e. The minimum absolute atomic E-state index is 0.0156. The number of hydrogen-bond acceptors (Lipinski definition) is 6. The van der Waals surface area contributed by atoms with Gasteiger partial charge in [0.2, 0.25) is 5.95 Å². The van der Waals surface area contributed by atoms with Gasteiger partial charge in [-0.2, -0.15) is 15.3 Å². The van der Waals surface area contributed by atoms with Crippen LogP contribution in [-0.4, -0.2) is 21.0 Å². The molecule has 2 atom stereocenters. The number of nitriles is 1. The maximum atomic E-state index is 13.7. The van der Waals surface area contributed by atoms with E-state index in [2.05, 4.69) is 21.3 Å². The monoisotopic (exact) mass is 422 g/mol. The van der Waals surface area contributed by atoms with Gasteiger partial charge in [0.05, 0.1) is 17.6 Å². The first-order chi connectivity index (χ1) is 15.6. The Labute approximate surface area is 185 Å². The molecule has 32 heavy (non-hydrogen) atoms. The van der Waals surface area contributed by atoms with Crippen LogP contribution in [-0.2, 0) is 4.79 Å². The van der Waals surface area contributed by atoms with Gasteiger partial charge in [-0.1, -0.05) is 54.6 Å². The highest BCUT2D eigenvalue weighted by Crippen LogP contribution is 2.49. The molecular weight excluding hydrogens is 400 g/mol. The number of allylic oxidation sites excluding steroid dienone is 3. The lowest BCUT2D eigenvalue weighted by Gasteiger charge is -2.40. The normalized spacial score (nSPS) is 20.9. The van der Waals surface area contributed by atoms with Gasteiger partial charge in [0.15, 0.2) is 5.78 Å². The molecule has 2 unspecified atom stereocenters. The highest BCUT2D eigenvalue weighted by molar-refractivity contribution is 6.01. The lowest BCUT2D eigenvalue weighted by atomic mass is 9.71. The van der Waals surface area contributed by atoms with Crippen molar-refractivity contribution in [2.75, 3.05) is 4.90 Å². The van der Waals surface area contributed by atoms with Crippen molar-refractivity contribution in [2.45, 2.75) is 31.6 Å². The average Bonchev–Trinajstić information content (AvgIpc) is 3.33. The van der Waals surface area contributed by atoms with Gasteiger partial charge in [0.25, 0.3) is 0 Å². The number of aromatic amines is 1. The molecule has 7 nitrogen and oxygen atoms in total. The summed E-state index contributed by atoms with van der Waals surface area (Å²) in [5, 5.41) is 16.9. The standard InChI is InChI=1S/C25H22N6O/c1-15-7-5-6-10-18(15)22-19(13-26)24(27)31(25-28-14-29-30-25)20-11-17(12-21(32)23(20)22)16-8-3-2-4-9-16/h2-10,14,17,22H,11-12,27H2,1H3,(H,28,29,30). The van der Waals surface area contributed by atoms with Gasteiger partial charge in [-0.25, -0.2) is 5.10 Å². The molecule has 0 fully saturated rings. The first-order valence-corrected chi connectivity index (χ1v) is 10.5. The van der Waals surface area contributed by atoms with Crippen LogP contribution >= 0.6 is 0 Å². The summed E-state index contributed by atoms with van der Waals surface area (Å²) in [6, 6.07) is 20.1. The molecule has 2 aliphatic rings. The van der Waals surface area contributed by atoms with E-state index in [9.17, 15) is 10.1 Å². The van der Waals surface area contributed by atoms with Crippen LogP contribution in [0.15, 0.2) is 83.6 Å². The number of hydrogen-bond donors (Lipinski definition) is 2. The Morgan fingerprint density at radius 2 is 1.88 bits per heavy atom. The second kappa shape index (κ2) is 7.82. The van der Waals surface area contributed by atoms with Gasteiger partial charge in [0.1, 0.15) is 12.1 Å². The Morgan fingerprint density at radius 1 is 1.12 bits per heavy atom. The van der Waals surface area contributed by atoms with Gasteiger partial charge >= 0.3 is 0 Å². The number of Topliss-reactive ketones (excluding diaryl/α,β-unsaturated/α-hetero) is 1. The first kappa shape index (κ1) is 19.8. The molecule has 1 aliphatic carbocycles. The Bertz CT molecular complexity index is 1280. The summed E-state index contributed by atoms with van der Waals surface area (Å²) in [6.45, 7) is 1.99. The summed E-state index contributed by atoms with van der Waals surface area (Å²) in [5.41, 5.74) is 11.4. The molecule has 1 aromatic heterocycles. The van der Waals surface area contributed by atoms with Gasteiger partial charge < -0.3 is 5.73 Å². The van der Waals surface area contributed by atoms with Crippen molar-refractivity contribution in [2.24, 2.45) is 5.73 Å². The van der Waals surface area contributed by atoms with Crippen molar-refractivity contribution < 1.29 is 4.79 Å². The fraction of sp³-hybridized carbons (Fsp3) is 0.200. The highest BCUT2D eigenvalue weighted by atomic mass is 16.1. The Hall–Kier alpha value is -4.18. The molecule has 5 rings (SSSR count). The lowest BCUT2D eigenvalue weighted by Crippen LogP contribution is -2.40. The van der Waals surface area contributed by atoms with Gasteiger partial charge in [-0.3, -0.25) is 9.69 Å². The SMILES string of the molecule is Cc1ccccc1C1C(C#N)=C(N)N(c2ncn[nH]2)C2=C1C(=O)CC(c1ccccc1)C2. The van der Waals surface area contributed by atoms with Crippen molar-refractivity contribution in [3.05, 3.63) is 100 Å². The number of benzene rings is 2. The zero-order chi connectivity index (χ0) is 22.2. The van der Waals surface area contributed by atoms with Crippen LogP contribution in [0.25, 0.3) is 0 Å². The number of nitrogens with one attached hydrogen (secondary N) is 1. The van der Waals surface area contributed by atoms with Crippen LogP contribution in [0.5, 0.6) is 0 Å². The summed E-state index contributed by atoms with van der Waals surface area (Å²) in [6.07, 6.45) is 2.38. The minimum atomic E-state index is -0.500. The Morgan fingerprint density at radius 3 is 2.56 bits per heavy atom. The third-order valence-corrected chi connectivity index (χ3v) is 6.35. The Balaban J connectivity index is 1.73. The molecule has 2 heterocycles. The van der Waals surface area contributed by atoms with Crippen LogP contribution in [0.2, 0.25) is 0 Å². The molecule has 3 aromatic rings. The third-order valence-electron chi connectivity index (χ3n) is 6.35. The fourth-order valence-corrected chi connectivity index (χ4v) is 4.86. The molecule has 2 aromatic carbocycles. The molecule has 0 radical (unpaired) electrons. The molecule has 3 N–H and O–H groups in total. The minimum Gasteiger partial charge on any atom is -0.384 e. The second-order valence-corrected chi connectivity index (χ2v) is 8.14. The van der Waals surface area contributed by atoms with Crippen LogP contribution < -0.4 is 10.6 Å². The number of aryl methyl sites for hydroxylation is 1. The van der Waals surface area contributed by atoms with E-state index in [4.69, 9.17) is 5.73 Å². The maximum Gasteiger partial charge on any atom is 0.231 e. The van der Waals surface area contributed by atoms with Crippen LogP contribution in [0, 0.1) is 18.3 Å². The molecule has 0 amide bonds. The summed E-state index contributed by atoms with van der Waals surface area (Å²) >= 11 is 0. The number of rotatable bonds is 3. The summed E-state index contributed by atoms with van der Waals surface area (Å²) in [4.78, 5) is 19.7. The van der Waals surface area contributed by atoms with Crippen LogP contribution in [0.3, 0.4) is 0 Å². The predicted molar refractivity (Wildman–Crippen MR) is 120 cm³/mol. The van der Waals surface area contributed by atoms with E-state index in [1.54, 1.807) is 4.90 Å². The van der Waals surface area contributed by atoms with E-state index in [1.165, 1.54) is 6.33 Å². The van der Waals surface area contributed by atoms with Crippen molar-refractivity contribution in [1.82, 2.24) is 15.2 Å². The topological polar surface area (TPSA) is 112 Å². The average molecular weight is 422 g/mol. The molecule has 0 bridgehead atoms. The van der Waals surface area contributed by atoms with Gasteiger partial charge in [-0.15, -0.1) is 0 Å². The zero-order valence-corrected chi connectivity index (χ0v) is 17.6. The molecular formula is C25H22N6O. The van der Waals surface area contributed by atoms with Crippen molar-refractivity contribution in [3.8, 4) is 6.07 Å². The van der Waals surface area contributed by atoms with E-state index in [-0.39, 0.29) is 17.5 Å². The maximum absolute atomic E-state index is 13.7. The predicted octanol–water partition coefficient (Wildman–Crippen LogP) is 3.81. The quantitative estimate of drug-likeness (QED) is 0.664. The molecule has 158 valence electrons. The molecule has 7 heteroatoms. The molecule has 1 aliphatic heterocycles. The van der Waals surface area contributed by atoms with Crippen molar-refractivity contribution in [3.63, 3.8) is 0 Å². The third kappa shape index (κ3) is 3.08. The van der Waals surface area contributed by atoms with E-state index in [0.717, 1.165) is 22.4 Å². The van der Waals surface area contributed by atoms with Crippen molar-refractivity contribution in [1.29, 1.82) is 5.26 Å².